The third kappa shape index (κ3) is 2.84. The van der Waals surface area contributed by atoms with Crippen LogP contribution in [0.4, 0.5) is 16.3 Å². The van der Waals surface area contributed by atoms with Crippen LogP contribution in [0, 0.1) is 6.92 Å². The van der Waals surface area contributed by atoms with Crippen LogP contribution in [0.3, 0.4) is 0 Å². The van der Waals surface area contributed by atoms with Crippen molar-refractivity contribution in [2.24, 2.45) is 7.05 Å². The van der Waals surface area contributed by atoms with Gasteiger partial charge in [-0.3, -0.25) is 10.00 Å². The summed E-state index contributed by atoms with van der Waals surface area (Å²) in [5.41, 5.74) is 1.91. The normalized spacial score (nSPS) is 10.0. The van der Waals surface area contributed by atoms with Crippen LogP contribution in [0.25, 0.3) is 0 Å². The minimum absolute atomic E-state index is 0.280. The molecule has 0 unspecified atom stereocenters. The van der Waals surface area contributed by atoms with Gasteiger partial charge in [-0.2, -0.15) is 5.10 Å². The maximum atomic E-state index is 11.7. The van der Waals surface area contributed by atoms with Crippen molar-refractivity contribution in [1.82, 2.24) is 9.78 Å². The molecule has 2 amide bonds. The molecule has 1 aromatic carbocycles. The summed E-state index contributed by atoms with van der Waals surface area (Å²) >= 11 is 0. The molecule has 1 aromatic heterocycles. The first-order valence-electron chi connectivity index (χ1n) is 5.28. The van der Waals surface area contributed by atoms with Gasteiger partial charge in [-0.1, -0.05) is 17.7 Å². The van der Waals surface area contributed by atoms with Crippen LogP contribution in [0.1, 0.15) is 5.56 Å². The molecule has 0 atom stereocenters. The highest BCUT2D eigenvalue weighted by molar-refractivity contribution is 5.99. The Kier molecular flexibility index (Phi) is 3.09. The molecule has 0 spiro atoms. The zero-order valence-corrected chi connectivity index (χ0v) is 9.77. The fourth-order valence-electron chi connectivity index (χ4n) is 1.41. The zero-order chi connectivity index (χ0) is 12.3. The predicted molar refractivity (Wildman–Crippen MR) is 67.0 cm³/mol. The molecule has 2 rings (SSSR count). The van der Waals surface area contributed by atoms with Crippen molar-refractivity contribution in [3.05, 3.63) is 42.1 Å². The Hall–Kier alpha value is -2.30. The lowest BCUT2D eigenvalue weighted by Gasteiger charge is -2.07. The highest BCUT2D eigenvalue weighted by Gasteiger charge is 2.04. The zero-order valence-electron chi connectivity index (χ0n) is 9.77. The molecule has 0 aliphatic heterocycles. The molecule has 0 saturated carbocycles. The SMILES string of the molecule is Cc1ccc(NC(=O)Nc2ccnn2C)cc1. The van der Waals surface area contributed by atoms with E-state index in [1.807, 2.05) is 31.2 Å². The molecular formula is C12H14N4O. The Morgan fingerprint density at radius 2 is 1.88 bits per heavy atom. The first kappa shape index (κ1) is 11.2. The number of hydrogen-bond acceptors (Lipinski definition) is 2. The van der Waals surface area contributed by atoms with Gasteiger partial charge in [-0.15, -0.1) is 0 Å². The van der Waals surface area contributed by atoms with Crippen LogP contribution >= 0.6 is 0 Å². The van der Waals surface area contributed by atoms with Crippen molar-refractivity contribution >= 4 is 17.5 Å². The molecule has 0 radical (unpaired) electrons. The first-order chi connectivity index (χ1) is 8.15. The molecule has 17 heavy (non-hydrogen) atoms. The van der Waals surface area contributed by atoms with E-state index in [0.717, 1.165) is 11.3 Å². The monoisotopic (exact) mass is 230 g/mol. The number of aromatic nitrogens is 2. The van der Waals surface area contributed by atoms with Gasteiger partial charge < -0.3 is 5.32 Å². The fraction of sp³-hybridized carbons (Fsp3) is 0.167. The Balaban J connectivity index is 1.98. The number of nitrogens with one attached hydrogen (secondary N) is 2. The number of carbonyl (C=O) groups excluding carboxylic acids is 1. The van der Waals surface area contributed by atoms with Crippen LogP contribution in [0.5, 0.6) is 0 Å². The quantitative estimate of drug-likeness (QED) is 0.832. The second kappa shape index (κ2) is 4.69. The summed E-state index contributed by atoms with van der Waals surface area (Å²) in [7, 11) is 1.77. The molecule has 2 N–H and O–H groups in total. The molecule has 2 aromatic rings. The second-order valence-electron chi connectivity index (χ2n) is 3.79. The number of nitrogens with zero attached hydrogens (tertiary/aromatic N) is 2. The van der Waals surface area contributed by atoms with Crippen molar-refractivity contribution in [2.75, 3.05) is 10.6 Å². The molecule has 1 heterocycles. The maximum Gasteiger partial charge on any atom is 0.324 e. The van der Waals surface area contributed by atoms with Crippen LogP contribution in [-0.4, -0.2) is 15.8 Å². The van der Waals surface area contributed by atoms with Gasteiger partial charge in [0, 0.05) is 18.8 Å². The molecular weight excluding hydrogens is 216 g/mol. The predicted octanol–water partition coefficient (Wildman–Crippen LogP) is 2.37. The standard InChI is InChI=1S/C12H14N4O/c1-9-3-5-10(6-4-9)14-12(17)15-11-7-8-13-16(11)2/h3-8H,1-2H3,(H2,14,15,17). The highest BCUT2D eigenvalue weighted by atomic mass is 16.2. The third-order valence-corrected chi connectivity index (χ3v) is 2.37. The largest absolute Gasteiger partial charge is 0.324 e. The van der Waals surface area contributed by atoms with Gasteiger partial charge in [0.05, 0.1) is 6.20 Å². The van der Waals surface area contributed by atoms with Gasteiger partial charge in [-0.05, 0) is 19.1 Å². The Bertz CT molecular complexity index is 516. The Morgan fingerprint density at radius 1 is 1.18 bits per heavy atom. The number of aryl methyl sites for hydroxylation is 2. The van der Waals surface area contributed by atoms with E-state index in [1.165, 1.54) is 0 Å². The van der Waals surface area contributed by atoms with E-state index >= 15 is 0 Å². The molecule has 0 bridgehead atoms. The average molecular weight is 230 g/mol. The van der Waals surface area contributed by atoms with E-state index in [9.17, 15) is 4.79 Å². The van der Waals surface area contributed by atoms with Gasteiger partial charge in [-0.25, -0.2) is 4.79 Å². The number of urea groups is 1. The number of benzene rings is 1. The van der Waals surface area contributed by atoms with Crippen molar-refractivity contribution in [2.45, 2.75) is 6.92 Å². The Morgan fingerprint density at radius 3 is 2.47 bits per heavy atom. The number of rotatable bonds is 2. The van der Waals surface area contributed by atoms with Gasteiger partial charge >= 0.3 is 6.03 Å². The number of carbonyl (C=O) groups is 1. The third-order valence-electron chi connectivity index (χ3n) is 2.37. The minimum Gasteiger partial charge on any atom is -0.308 e. The molecule has 0 aliphatic carbocycles. The van der Waals surface area contributed by atoms with E-state index in [4.69, 9.17) is 0 Å². The van der Waals surface area contributed by atoms with E-state index < -0.39 is 0 Å². The number of amides is 2. The van der Waals surface area contributed by atoms with Gasteiger partial charge in [0.2, 0.25) is 0 Å². The van der Waals surface area contributed by atoms with E-state index in [0.29, 0.717) is 5.82 Å². The van der Waals surface area contributed by atoms with Crippen LogP contribution in [0.2, 0.25) is 0 Å². The summed E-state index contributed by atoms with van der Waals surface area (Å²) in [6.45, 7) is 2.00. The van der Waals surface area contributed by atoms with Crippen molar-refractivity contribution in [3.8, 4) is 0 Å². The summed E-state index contributed by atoms with van der Waals surface area (Å²) < 4.78 is 1.59. The topological polar surface area (TPSA) is 59.0 Å². The first-order valence-corrected chi connectivity index (χ1v) is 5.28. The van der Waals surface area contributed by atoms with E-state index in [1.54, 1.807) is 24.0 Å². The molecule has 0 fully saturated rings. The summed E-state index contributed by atoms with van der Waals surface area (Å²) in [6, 6.07) is 9.06. The molecule has 5 heteroatoms. The molecule has 0 saturated heterocycles. The summed E-state index contributed by atoms with van der Waals surface area (Å²) in [5.74, 6) is 0.648. The van der Waals surface area contributed by atoms with E-state index in [-0.39, 0.29) is 6.03 Å². The van der Waals surface area contributed by atoms with E-state index in [2.05, 4.69) is 15.7 Å². The summed E-state index contributed by atoms with van der Waals surface area (Å²) in [4.78, 5) is 11.7. The van der Waals surface area contributed by atoms with Crippen molar-refractivity contribution in [3.63, 3.8) is 0 Å². The van der Waals surface area contributed by atoms with Crippen LogP contribution in [-0.2, 0) is 7.05 Å². The van der Waals surface area contributed by atoms with Gasteiger partial charge in [0.1, 0.15) is 5.82 Å². The lowest BCUT2D eigenvalue weighted by atomic mass is 10.2. The van der Waals surface area contributed by atoms with Gasteiger partial charge in [0.15, 0.2) is 0 Å². The summed E-state index contributed by atoms with van der Waals surface area (Å²) in [6.07, 6.45) is 1.63. The lowest BCUT2D eigenvalue weighted by Crippen LogP contribution is -2.20. The number of anilines is 2. The smallest absolute Gasteiger partial charge is 0.308 e. The van der Waals surface area contributed by atoms with Crippen molar-refractivity contribution in [1.29, 1.82) is 0 Å². The van der Waals surface area contributed by atoms with Gasteiger partial charge in [0.25, 0.3) is 0 Å². The molecule has 88 valence electrons. The Labute approximate surface area is 99.5 Å². The summed E-state index contributed by atoms with van der Waals surface area (Å²) in [5, 5.41) is 9.41. The van der Waals surface area contributed by atoms with Crippen LogP contribution < -0.4 is 10.6 Å². The lowest BCUT2D eigenvalue weighted by molar-refractivity contribution is 0.262. The second-order valence-corrected chi connectivity index (χ2v) is 3.79. The highest BCUT2D eigenvalue weighted by Crippen LogP contribution is 2.10. The average Bonchev–Trinajstić information content (AvgIpc) is 2.68. The number of hydrogen-bond donors (Lipinski definition) is 2. The van der Waals surface area contributed by atoms with Crippen molar-refractivity contribution < 1.29 is 4.79 Å². The maximum absolute atomic E-state index is 11.7. The fourth-order valence-corrected chi connectivity index (χ4v) is 1.41. The molecule has 5 nitrogen and oxygen atoms in total. The van der Waals surface area contributed by atoms with Crippen LogP contribution in [0.15, 0.2) is 36.5 Å². The molecule has 0 aliphatic rings. The minimum atomic E-state index is -0.280.